The lowest BCUT2D eigenvalue weighted by Gasteiger charge is -2.35. The molecule has 0 spiro atoms. The second-order valence-corrected chi connectivity index (χ2v) is 5.83. The molecule has 0 aliphatic carbocycles. The molecule has 0 aromatic heterocycles. The maximum Gasteiger partial charge on any atom is 0.222 e. The molecule has 0 aromatic rings. The second-order valence-electron chi connectivity index (χ2n) is 5.83. The Morgan fingerprint density at radius 1 is 1.26 bits per heavy atom. The normalized spacial score (nSPS) is 25.4. The minimum absolute atomic E-state index is 0.156. The van der Waals surface area contributed by atoms with E-state index in [1.807, 2.05) is 18.7 Å². The standard InChI is InChI=1S/C15H30N2O2/c1-4-5-14(8-9-16)6-7-15(18)17-10-12(2)19-13(3)11-17/h12-14H,4-11,16H2,1-3H3/t12-,13+,14?. The Kier molecular flexibility index (Phi) is 7.39. The third-order valence-electron chi connectivity index (χ3n) is 3.81. The third kappa shape index (κ3) is 5.91. The minimum Gasteiger partial charge on any atom is -0.372 e. The molecule has 0 bridgehead atoms. The Labute approximate surface area is 117 Å². The zero-order chi connectivity index (χ0) is 14.3. The Morgan fingerprint density at radius 3 is 2.42 bits per heavy atom. The summed E-state index contributed by atoms with van der Waals surface area (Å²) < 4.78 is 5.66. The van der Waals surface area contributed by atoms with Crippen molar-refractivity contribution in [3.63, 3.8) is 0 Å². The van der Waals surface area contributed by atoms with E-state index in [0.29, 0.717) is 12.3 Å². The Morgan fingerprint density at radius 2 is 1.89 bits per heavy atom. The van der Waals surface area contributed by atoms with Crippen LogP contribution in [0.4, 0.5) is 0 Å². The predicted octanol–water partition coefficient (Wildman–Crippen LogP) is 2.17. The van der Waals surface area contributed by atoms with Gasteiger partial charge in [0.2, 0.25) is 5.91 Å². The van der Waals surface area contributed by atoms with Crippen LogP contribution in [-0.2, 0) is 9.53 Å². The highest BCUT2D eigenvalue weighted by Crippen LogP contribution is 2.19. The van der Waals surface area contributed by atoms with Crippen LogP contribution in [0.3, 0.4) is 0 Å². The zero-order valence-corrected chi connectivity index (χ0v) is 12.7. The van der Waals surface area contributed by atoms with Gasteiger partial charge in [0.15, 0.2) is 0 Å². The lowest BCUT2D eigenvalue weighted by molar-refractivity contribution is -0.143. The molecule has 1 aliphatic heterocycles. The van der Waals surface area contributed by atoms with Crippen molar-refractivity contribution in [2.45, 2.75) is 65.1 Å². The number of carbonyl (C=O) groups is 1. The number of amides is 1. The van der Waals surface area contributed by atoms with Gasteiger partial charge in [0.25, 0.3) is 0 Å². The van der Waals surface area contributed by atoms with Crippen molar-refractivity contribution in [1.82, 2.24) is 4.90 Å². The molecule has 0 radical (unpaired) electrons. The van der Waals surface area contributed by atoms with E-state index >= 15 is 0 Å². The highest BCUT2D eigenvalue weighted by atomic mass is 16.5. The van der Waals surface area contributed by atoms with Crippen LogP contribution in [0.2, 0.25) is 0 Å². The average Bonchev–Trinajstić information content (AvgIpc) is 2.35. The first-order chi connectivity index (χ1) is 9.06. The fourth-order valence-corrected chi connectivity index (χ4v) is 2.94. The summed E-state index contributed by atoms with van der Waals surface area (Å²) in [6, 6.07) is 0. The van der Waals surface area contributed by atoms with Gasteiger partial charge in [-0.15, -0.1) is 0 Å². The van der Waals surface area contributed by atoms with Crippen LogP contribution in [0.15, 0.2) is 0 Å². The summed E-state index contributed by atoms with van der Waals surface area (Å²) in [5, 5.41) is 0. The van der Waals surface area contributed by atoms with Crippen LogP contribution in [0.5, 0.6) is 0 Å². The van der Waals surface area contributed by atoms with Gasteiger partial charge in [-0.3, -0.25) is 4.79 Å². The van der Waals surface area contributed by atoms with Crippen molar-refractivity contribution < 1.29 is 9.53 Å². The van der Waals surface area contributed by atoms with Crippen LogP contribution in [0, 0.1) is 5.92 Å². The van der Waals surface area contributed by atoms with E-state index in [4.69, 9.17) is 10.5 Å². The minimum atomic E-state index is 0.156. The summed E-state index contributed by atoms with van der Waals surface area (Å²) in [5.74, 6) is 0.884. The summed E-state index contributed by atoms with van der Waals surface area (Å²) in [7, 11) is 0. The number of nitrogens with zero attached hydrogens (tertiary/aromatic N) is 1. The molecule has 0 saturated carbocycles. The lowest BCUT2D eigenvalue weighted by atomic mass is 9.94. The first-order valence-electron chi connectivity index (χ1n) is 7.70. The van der Waals surface area contributed by atoms with Crippen molar-refractivity contribution in [3.8, 4) is 0 Å². The Balaban J connectivity index is 2.36. The van der Waals surface area contributed by atoms with E-state index < -0.39 is 0 Å². The van der Waals surface area contributed by atoms with E-state index in [9.17, 15) is 4.79 Å². The van der Waals surface area contributed by atoms with Gasteiger partial charge < -0.3 is 15.4 Å². The Hall–Kier alpha value is -0.610. The van der Waals surface area contributed by atoms with Crippen LogP contribution >= 0.6 is 0 Å². The molecule has 2 N–H and O–H groups in total. The SMILES string of the molecule is CCCC(CCN)CCC(=O)N1C[C@@H](C)O[C@@H](C)C1. The zero-order valence-electron chi connectivity index (χ0n) is 12.7. The molecular weight excluding hydrogens is 240 g/mol. The van der Waals surface area contributed by atoms with E-state index in [1.54, 1.807) is 0 Å². The van der Waals surface area contributed by atoms with Gasteiger partial charge >= 0.3 is 0 Å². The molecule has 4 nitrogen and oxygen atoms in total. The number of rotatable bonds is 7. The molecule has 3 atom stereocenters. The van der Waals surface area contributed by atoms with E-state index in [2.05, 4.69) is 6.92 Å². The van der Waals surface area contributed by atoms with Gasteiger partial charge in [-0.25, -0.2) is 0 Å². The highest BCUT2D eigenvalue weighted by Gasteiger charge is 2.25. The van der Waals surface area contributed by atoms with Gasteiger partial charge in [-0.1, -0.05) is 19.8 Å². The quantitative estimate of drug-likeness (QED) is 0.771. The molecule has 19 heavy (non-hydrogen) atoms. The van der Waals surface area contributed by atoms with Crippen LogP contribution in [0.1, 0.15) is 52.9 Å². The summed E-state index contributed by atoms with van der Waals surface area (Å²) in [5.41, 5.74) is 5.63. The molecule has 112 valence electrons. The largest absolute Gasteiger partial charge is 0.372 e. The van der Waals surface area contributed by atoms with Gasteiger partial charge in [0.1, 0.15) is 0 Å². The van der Waals surface area contributed by atoms with Crippen molar-refractivity contribution in [2.75, 3.05) is 19.6 Å². The molecule has 1 heterocycles. The third-order valence-corrected chi connectivity index (χ3v) is 3.81. The molecule has 0 aromatic carbocycles. The maximum atomic E-state index is 12.2. The highest BCUT2D eigenvalue weighted by molar-refractivity contribution is 5.76. The number of hydrogen-bond donors (Lipinski definition) is 1. The lowest BCUT2D eigenvalue weighted by Crippen LogP contribution is -2.48. The smallest absolute Gasteiger partial charge is 0.222 e. The molecular formula is C15H30N2O2. The molecule has 1 rings (SSSR count). The summed E-state index contributed by atoms with van der Waals surface area (Å²) >= 11 is 0. The topological polar surface area (TPSA) is 55.6 Å². The van der Waals surface area contributed by atoms with Crippen molar-refractivity contribution in [3.05, 3.63) is 0 Å². The van der Waals surface area contributed by atoms with Crippen LogP contribution in [-0.4, -0.2) is 42.6 Å². The molecule has 1 amide bonds. The number of hydrogen-bond acceptors (Lipinski definition) is 3. The Bertz CT molecular complexity index is 255. The summed E-state index contributed by atoms with van der Waals surface area (Å²) in [6.07, 6.45) is 5.34. The van der Waals surface area contributed by atoms with Gasteiger partial charge in [0.05, 0.1) is 12.2 Å². The number of ether oxygens (including phenoxy) is 1. The molecule has 4 heteroatoms. The number of morpholine rings is 1. The van der Waals surface area contributed by atoms with E-state index in [1.165, 1.54) is 12.8 Å². The van der Waals surface area contributed by atoms with Crippen molar-refractivity contribution in [1.29, 1.82) is 0 Å². The van der Waals surface area contributed by atoms with Gasteiger partial charge in [0, 0.05) is 19.5 Å². The van der Waals surface area contributed by atoms with Crippen molar-refractivity contribution in [2.24, 2.45) is 11.7 Å². The predicted molar refractivity (Wildman–Crippen MR) is 77.9 cm³/mol. The number of carbonyl (C=O) groups excluding carboxylic acids is 1. The molecule has 1 aliphatic rings. The molecule has 1 saturated heterocycles. The maximum absolute atomic E-state index is 12.2. The van der Waals surface area contributed by atoms with Crippen LogP contribution in [0.25, 0.3) is 0 Å². The number of nitrogens with two attached hydrogens (primary N) is 1. The second kappa shape index (κ2) is 8.54. The fraction of sp³-hybridized carbons (Fsp3) is 0.933. The van der Waals surface area contributed by atoms with Gasteiger partial charge in [-0.05, 0) is 39.2 Å². The van der Waals surface area contributed by atoms with Gasteiger partial charge in [-0.2, -0.15) is 0 Å². The van der Waals surface area contributed by atoms with Crippen molar-refractivity contribution >= 4 is 5.91 Å². The first-order valence-corrected chi connectivity index (χ1v) is 7.70. The first kappa shape index (κ1) is 16.4. The fourth-order valence-electron chi connectivity index (χ4n) is 2.94. The average molecular weight is 270 g/mol. The van der Waals surface area contributed by atoms with E-state index in [-0.39, 0.29) is 18.1 Å². The summed E-state index contributed by atoms with van der Waals surface area (Å²) in [6.45, 7) is 8.45. The monoisotopic (exact) mass is 270 g/mol. The van der Waals surface area contributed by atoms with Crippen LogP contribution < -0.4 is 5.73 Å². The molecule has 1 unspecified atom stereocenters. The van der Waals surface area contributed by atoms with E-state index in [0.717, 1.165) is 32.5 Å². The summed E-state index contributed by atoms with van der Waals surface area (Å²) in [4.78, 5) is 14.2. The molecule has 1 fully saturated rings.